The van der Waals surface area contributed by atoms with E-state index in [1.165, 1.54) is 12.1 Å². The van der Waals surface area contributed by atoms with Gasteiger partial charge < -0.3 is 11.1 Å². The highest BCUT2D eigenvalue weighted by Gasteiger charge is 2.16. The molecule has 0 saturated heterocycles. The minimum Gasteiger partial charge on any atom is -0.399 e. The standard InChI is InChI=1S/C21H15F3N4O/c22-11-19-27-17-10-12(25)4-9-18(17)28(19)14-7-5-13(6-8-14)26-21(29)15-2-1-3-16(23)20(15)24/h1-10H,11,25H2,(H,26,29). The Morgan fingerprint density at radius 3 is 2.55 bits per heavy atom. The van der Waals surface area contributed by atoms with Gasteiger partial charge >= 0.3 is 0 Å². The van der Waals surface area contributed by atoms with E-state index in [0.717, 1.165) is 6.07 Å². The Morgan fingerprint density at radius 2 is 1.83 bits per heavy atom. The summed E-state index contributed by atoms with van der Waals surface area (Å²) in [5.74, 6) is -2.87. The van der Waals surface area contributed by atoms with Crippen molar-refractivity contribution in [2.75, 3.05) is 11.1 Å². The van der Waals surface area contributed by atoms with E-state index < -0.39 is 29.8 Å². The van der Waals surface area contributed by atoms with Gasteiger partial charge in [0.05, 0.1) is 16.6 Å². The lowest BCUT2D eigenvalue weighted by atomic mass is 10.2. The monoisotopic (exact) mass is 396 g/mol. The second kappa shape index (κ2) is 7.31. The minimum absolute atomic E-state index is 0.212. The number of imidazole rings is 1. The second-order valence-electron chi connectivity index (χ2n) is 6.35. The molecule has 0 spiro atoms. The number of nitrogens with zero attached hydrogens (tertiary/aromatic N) is 2. The molecule has 0 atom stereocenters. The molecule has 146 valence electrons. The number of fused-ring (bicyclic) bond motifs is 1. The first kappa shape index (κ1) is 18.5. The Bertz CT molecular complexity index is 1220. The normalized spacial score (nSPS) is 11.0. The van der Waals surface area contributed by atoms with Gasteiger partial charge in [-0.25, -0.2) is 18.2 Å². The molecule has 0 unspecified atom stereocenters. The maximum Gasteiger partial charge on any atom is 0.258 e. The fourth-order valence-corrected chi connectivity index (χ4v) is 3.10. The number of alkyl halides is 1. The number of rotatable bonds is 4. The molecule has 0 fully saturated rings. The first-order valence-corrected chi connectivity index (χ1v) is 8.66. The molecule has 0 aliphatic carbocycles. The number of nitrogens with one attached hydrogen (secondary N) is 1. The highest BCUT2D eigenvalue weighted by Crippen LogP contribution is 2.25. The van der Waals surface area contributed by atoms with E-state index in [0.29, 0.717) is 28.1 Å². The Kier molecular flexibility index (Phi) is 4.67. The molecule has 1 aromatic heterocycles. The van der Waals surface area contributed by atoms with E-state index in [1.807, 2.05) is 0 Å². The number of carbonyl (C=O) groups excluding carboxylic acids is 1. The van der Waals surface area contributed by atoms with Crippen LogP contribution in [0.1, 0.15) is 16.2 Å². The van der Waals surface area contributed by atoms with Crippen LogP contribution < -0.4 is 11.1 Å². The Labute approximate surface area is 163 Å². The molecule has 4 rings (SSSR count). The lowest BCUT2D eigenvalue weighted by Crippen LogP contribution is -2.14. The summed E-state index contributed by atoms with van der Waals surface area (Å²) in [6.45, 7) is -0.772. The Morgan fingerprint density at radius 1 is 1.07 bits per heavy atom. The molecule has 0 aliphatic rings. The van der Waals surface area contributed by atoms with Crippen LogP contribution >= 0.6 is 0 Å². The van der Waals surface area contributed by atoms with Gasteiger partial charge in [-0.15, -0.1) is 0 Å². The van der Waals surface area contributed by atoms with Crippen LogP contribution in [0, 0.1) is 11.6 Å². The predicted octanol–water partition coefficient (Wildman–Crippen LogP) is 4.61. The third-order valence-electron chi connectivity index (χ3n) is 4.45. The molecule has 5 nitrogen and oxygen atoms in total. The highest BCUT2D eigenvalue weighted by atomic mass is 19.2. The summed E-state index contributed by atoms with van der Waals surface area (Å²) in [6, 6.07) is 15.0. The van der Waals surface area contributed by atoms with Crippen LogP contribution in [0.5, 0.6) is 0 Å². The molecule has 0 radical (unpaired) electrons. The van der Waals surface area contributed by atoms with Gasteiger partial charge in [0.15, 0.2) is 11.6 Å². The van der Waals surface area contributed by atoms with Crippen molar-refractivity contribution in [3.05, 3.63) is 83.7 Å². The lowest BCUT2D eigenvalue weighted by molar-refractivity contribution is 0.102. The van der Waals surface area contributed by atoms with E-state index in [1.54, 1.807) is 47.0 Å². The summed E-state index contributed by atoms with van der Waals surface area (Å²) < 4.78 is 42.2. The summed E-state index contributed by atoms with van der Waals surface area (Å²) in [5.41, 5.74) is 8.14. The molecule has 1 amide bonds. The van der Waals surface area contributed by atoms with Crippen molar-refractivity contribution in [2.24, 2.45) is 0 Å². The zero-order chi connectivity index (χ0) is 20.5. The van der Waals surface area contributed by atoms with Crippen LogP contribution in [0.15, 0.2) is 60.7 Å². The van der Waals surface area contributed by atoms with Crippen molar-refractivity contribution in [1.82, 2.24) is 9.55 Å². The van der Waals surface area contributed by atoms with E-state index in [-0.39, 0.29) is 5.82 Å². The van der Waals surface area contributed by atoms with Crippen molar-refractivity contribution in [3.8, 4) is 5.69 Å². The largest absolute Gasteiger partial charge is 0.399 e. The SMILES string of the molecule is Nc1ccc2c(c1)nc(CF)n2-c1ccc(NC(=O)c2cccc(F)c2F)cc1. The number of anilines is 2. The number of benzene rings is 3. The van der Waals surface area contributed by atoms with Gasteiger partial charge in [0.1, 0.15) is 12.5 Å². The quantitative estimate of drug-likeness (QED) is 0.495. The van der Waals surface area contributed by atoms with Gasteiger partial charge in [-0.1, -0.05) is 6.07 Å². The molecule has 3 N–H and O–H groups in total. The molecule has 0 saturated carbocycles. The summed E-state index contributed by atoms with van der Waals surface area (Å²) in [6.07, 6.45) is 0. The summed E-state index contributed by atoms with van der Waals surface area (Å²) in [4.78, 5) is 16.5. The average molecular weight is 396 g/mol. The van der Waals surface area contributed by atoms with Gasteiger partial charge in [-0.2, -0.15) is 0 Å². The Balaban J connectivity index is 1.64. The molecule has 4 aromatic rings. The number of nitrogen functional groups attached to an aromatic ring is 1. The average Bonchev–Trinajstić information content (AvgIpc) is 3.08. The number of aromatic nitrogens is 2. The second-order valence-corrected chi connectivity index (χ2v) is 6.35. The van der Waals surface area contributed by atoms with Crippen molar-refractivity contribution < 1.29 is 18.0 Å². The number of hydrogen-bond donors (Lipinski definition) is 2. The van der Waals surface area contributed by atoms with Crippen LogP contribution in [0.4, 0.5) is 24.5 Å². The molecule has 29 heavy (non-hydrogen) atoms. The molecule has 8 heteroatoms. The predicted molar refractivity (Wildman–Crippen MR) is 105 cm³/mol. The smallest absolute Gasteiger partial charge is 0.258 e. The van der Waals surface area contributed by atoms with Crippen LogP contribution in [0.3, 0.4) is 0 Å². The number of hydrogen-bond acceptors (Lipinski definition) is 3. The third kappa shape index (κ3) is 3.40. The van der Waals surface area contributed by atoms with Crippen molar-refractivity contribution >= 4 is 28.3 Å². The fraction of sp³-hybridized carbons (Fsp3) is 0.0476. The molecule has 1 heterocycles. The molecule has 0 bridgehead atoms. The topological polar surface area (TPSA) is 72.9 Å². The first-order valence-electron chi connectivity index (χ1n) is 8.66. The number of amides is 1. The number of halogens is 3. The van der Waals surface area contributed by atoms with Gasteiger partial charge in [0.2, 0.25) is 0 Å². The van der Waals surface area contributed by atoms with Crippen LogP contribution in [0.25, 0.3) is 16.7 Å². The van der Waals surface area contributed by atoms with Crippen LogP contribution in [0.2, 0.25) is 0 Å². The van der Waals surface area contributed by atoms with Crippen molar-refractivity contribution in [3.63, 3.8) is 0 Å². The van der Waals surface area contributed by atoms with Gasteiger partial charge in [0.25, 0.3) is 5.91 Å². The van der Waals surface area contributed by atoms with E-state index in [4.69, 9.17) is 5.73 Å². The first-order chi connectivity index (χ1) is 14.0. The van der Waals surface area contributed by atoms with E-state index >= 15 is 0 Å². The number of carbonyl (C=O) groups is 1. The van der Waals surface area contributed by atoms with Gasteiger partial charge in [-0.05, 0) is 54.6 Å². The Hall–Kier alpha value is -3.81. The zero-order valence-electron chi connectivity index (χ0n) is 15.0. The van der Waals surface area contributed by atoms with Crippen molar-refractivity contribution in [2.45, 2.75) is 6.67 Å². The van der Waals surface area contributed by atoms with Gasteiger partial charge in [0, 0.05) is 17.1 Å². The third-order valence-corrected chi connectivity index (χ3v) is 4.45. The maximum atomic E-state index is 13.8. The van der Waals surface area contributed by atoms with Crippen LogP contribution in [-0.2, 0) is 6.67 Å². The van der Waals surface area contributed by atoms with E-state index in [9.17, 15) is 18.0 Å². The van der Waals surface area contributed by atoms with Crippen molar-refractivity contribution in [1.29, 1.82) is 0 Å². The molecule has 3 aromatic carbocycles. The summed E-state index contributed by atoms with van der Waals surface area (Å²) in [5, 5.41) is 2.51. The van der Waals surface area contributed by atoms with Gasteiger partial charge in [-0.3, -0.25) is 9.36 Å². The lowest BCUT2D eigenvalue weighted by Gasteiger charge is -2.10. The molecule has 0 aliphatic heterocycles. The fourth-order valence-electron chi connectivity index (χ4n) is 3.10. The zero-order valence-corrected chi connectivity index (χ0v) is 15.0. The molecular formula is C21H15F3N4O. The highest BCUT2D eigenvalue weighted by molar-refractivity contribution is 6.04. The van der Waals surface area contributed by atoms with Crippen LogP contribution in [-0.4, -0.2) is 15.5 Å². The number of nitrogens with two attached hydrogens (primary N) is 1. The van der Waals surface area contributed by atoms with E-state index in [2.05, 4.69) is 10.3 Å². The maximum absolute atomic E-state index is 13.8. The molecular weight excluding hydrogens is 381 g/mol. The summed E-state index contributed by atoms with van der Waals surface area (Å²) in [7, 11) is 0. The summed E-state index contributed by atoms with van der Waals surface area (Å²) >= 11 is 0. The minimum atomic E-state index is -1.21.